The average Bonchev–Trinajstić information content (AvgIpc) is 2.80. The average molecular weight is 168 g/mol. The van der Waals surface area contributed by atoms with Gasteiger partial charge in [-0.05, 0) is 36.0 Å². The van der Waals surface area contributed by atoms with Crippen molar-refractivity contribution in [2.24, 2.45) is 29.6 Å². The summed E-state index contributed by atoms with van der Waals surface area (Å²) in [6.45, 7) is 11.9. The first-order chi connectivity index (χ1) is 5.57. The van der Waals surface area contributed by atoms with Gasteiger partial charge in [0.25, 0.3) is 0 Å². The topological polar surface area (TPSA) is 0 Å². The van der Waals surface area contributed by atoms with Crippen LogP contribution in [0.1, 0.15) is 47.5 Å². The monoisotopic (exact) mass is 168 g/mol. The molecule has 0 heteroatoms. The van der Waals surface area contributed by atoms with Crippen molar-refractivity contribution in [3.8, 4) is 0 Å². The zero-order valence-corrected chi connectivity index (χ0v) is 9.30. The molecule has 0 radical (unpaired) electrons. The minimum Gasteiger partial charge on any atom is -0.0651 e. The molecule has 0 amide bonds. The maximum Gasteiger partial charge on any atom is -0.0352 e. The molecule has 1 saturated carbocycles. The molecule has 1 aliphatic carbocycles. The normalized spacial score (nSPS) is 33.5. The van der Waals surface area contributed by atoms with Crippen molar-refractivity contribution in [1.29, 1.82) is 0 Å². The first-order valence-corrected chi connectivity index (χ1v) is 5.57. The lowest BCUT2D eigenvalue weighted by Crippen LogP contribution is -2.09. The van der Waals surface area contributed by atoms with Crippen LogP contribution in [0.5, 0.6) is 0 Å². The van der Waals surface area contributed by atoms with Crippen LogP contribution >= 0.6 is 0 Å². The maximum absolute atomic E-state index is 2.43. The zero-order valence-electron chi connectivity index (χ0n) is 9.30. The number of hydrogen-bond donors (Lipinski definition) is 0. The second kappa shape index (κ2) is 3.81. The van der Waals surface area contributed by atoms with Crippen molar-refractivity contribution in [1.82, 2.24) is 0 Å². The fourth-order valence-electron chi connectivity index (χ4n) is 2.29. The van der Waals surface area contributed by atoms with Gasteiger partial charge in [-0.3, -0.25) is 0 Å². The van der Waals surface area contributed by atoms with Crippen LogP contribution in [-0.2, 0) is 0 Å². The first kappa shape index (κ1) is 10.1. The van der Waals surface area contributed by atoms with Gasteiger partial charge in [0.2, 0.25) is 0 Å². The Balaban J connectivity index is 2.32. The molecule has 0 heterocycles. The van der Waals surface area contributed by atoms with Gasteiger partial charge in [0.05, 0.1) is 0 Å². The highest BCUT2D eigenvalue weighted by Gasteiger charge is 2.43. The van der Waals surface area contributed by atoms with Crippen LogP contribution < -0.4 is 0 Å². The van der Waals surface area contributed by atoms with Crippen molar-refractivity contribution < 1.29 is 0 Å². The fraction of sp³-hybridized carbons (Fsp3) is 1.00. The minimum atomic E-state index is 0.879. The molecule has 12 heavy (non-hydrogen) atoms. The van der Waals surface area contributed by atoms with Gasteiger partial charge in [-0.1, -0.05) is 41.0 Å². The zero-order chi connectivity index (χ0) is 9.30. The van der Waals surface area contributed by atoms with Crippen molar-refractivity contribution in [3.05, 3.63) is 0 Å². The Morgan fingerprint density at radius 2 is 1.67 bits per heavy atom. The summed E-state index contributed by atoms with van der Waals surface area (Å²) in [6, 6.07) is 0. The van der Waals surface area contributed by atoms with Gasteiger partial charge in [0.1, 0.15) is 0 Å². The molecule has 0 aromatic carbocycles. The van der Waals surface area contributed by atoms with Crippen LogP contribution in [0.15, 0.2) is 0 Å². The summed E-state index contributed by atoms with van der Waals surface area (Å²) in [7, 11) is 0. The van der Waals surface area contributed by atoms with Gasteiger partial charge in [0, 0.05) is 0 Å². The fourth-order valence-corrected chi connectivity index (χ4v) is 2.29. The van der Waals surface area contributed by atoms with E-state index >= 15 is 0 Å². The Bertz CT molecular complexity index is 137. The Kier molecular flexibility index (Phi) is 3.20. The molecule has 72 valence electrons. The van der Waals surface area contributed by atoms with Gasteiger partial charge in [-0.25, -0.2) is 0 Å². The molecule has 0 aromatic heterocycles. The third kappa shape index (κ3) is 2.02. The Morgan fingerprint density at radius 3 is 2.08 bits per heavy atom. The summed E-state index contributed by atoms with van der Waals surface area (Å²) < 4.78 is 0. The SMILES string of the molecule is CCC(C)C1CC1C(C)C(C)C. The van der Waals surface area contributed by atoms with Crippen molar-refractivity contribution in [2.45, 2.75) is 47.5 Å². The van der Waals surface area contributed by atoms with Crippen LogP contribution in [0.3, 0.4) is 0 Å². The molecule has 1 rings (SSSR count). The van der Waals surface area contributed by atoms with Crippen LogP contribution in [0.2, 0.25) is 0 Å². The molecule has 0 bridgehead atoms. The molecule has 4 unspecified atom stereocenters. The standard InChI is InChI=1S/C12H24/c1-6-9(4)11-7-12(11)10(5)8(2)3/h8-12H,6-7H2,1-5H3. The molecular weight excluding hydrogens is 144 g/mol. The number of rotatable bonds is 4. The van der Waals surface area contributed by atoms with Crippen molar-refractivity contribution in [2.75, 3.05) is 0 Å². The van der Waals surface area contributed by atoms with Gasteiger partial charge in [0.15, 0.2) is 0 Å². The summed E-state index contributed by atoms with van der Waals surface area (Å²) in [4.78, 5) is 0. The largest absolute Gasteiger partial charge is 0.0651 e. The summed E-state index contributed by atoms with van der Waals surface area (Å²) in [5.41, 5.74) is 0. The number of hydrogen-bond acceptors (Lipinski definition) is 0. The molecule has 1 fully saturated rings. The molecular formula is C12H24. The van der Waals surface area contributed by atoms with Crippen LogP contribution in [-0.4, -0.2) is 0 Å². The van der Waals surface area contributed by atoms with E-state index < -0.39 is 0 Å². The molecule has 0 N–H and O–H groups in total. The van der Waals surface area contributed by atoms with E-state index in [1.807, 2.05) is 0 Å². The summed E-state index contributed by atoms with van der Waals surface area (Å²) in [5.74, 6) is 4.91. The highest BCUT2D eigenvalue weighted by molar-refractivity contribution is 4.92. The van der Waals surface area contributed by atoms with E-state index in [1.165, 1.54) is 12.8 Å². The maximum atomic E-state index is 2.43. The lowest BCUT2D eigenvalue weighted by Gasteiger charge is -2.16. The van der Waals surface area contributed by atoms with Crippen LogP contribution in [0, 0.1) is 29.6 Å². The highest BCUT2D eigenvalue weighted by atomic mass is 14.5. The van der Waals surface area contributed by atoms with Crippen LogP contribution in [0.25, 0.3) is 0 Å². The van der Waals surface area contributed by atoms with E-state index in [9.17, 15) is 0 Å². The second-order valence-corrected chi connectivity index (χ2v) is 5.05. The quantitative estimate of drug-likeness (QED) is 0.596. The third-order valence-electron chi connectivity index (χ3n) is 3.99. The smallest absolute Gasteiger partial charge is 0.0352 e. The Morgan fingerprint density at radius 1 is 1.08 bits per heavy atom. The molecule has 4 atom stereocenters. The van der Waals surface area contributed by atoms with E-state index in [4.69, 9.17) is 0 Å². The lowest BCUT2D eigenvalue weighted by atomic mass is 9.89. The second-order valence-electron chi connectivity index (χ2n) is 5.05. The summed E-state index contributed by atoms with van der Waals surface area (Å²) in [5, 5.41) is 0. The molecule has 0 saturated heterocycles. The van der Waals surface area contributed by atoms with E-state index in [0.29, 0.717) is 0 Å². The van der Waals surface area contributed by atoms with E-state index in [1.54, 1.807) is 0 Å². The van der Waals surface area contributed by atoms with Gasteiger partial charge < -0.3 is 0 Å². The summed E-state index contributed by atoms with van der Waals surface area (Å²) >= 11 is 0. The van der Waals surface area contributed by atoms with Crippen molar-refractivity contribution in [3.63, 3.8) is 0 Å². The Labute approximate surface area is 77.7 Å². The summed E-state index contributed by atoms with van der Waals surface area (Å²) in [6.07, 6.45) is 2.88. The molecule has 0 nitrogen and oxygen atoms in total. The predicted octanol–water partition coefficient (Wildman–Crippen LogP) is 3.96. The molecule has 0 aromatic rings. The third-order valence-corrected chi connectivity index (χ3v) is 3.99. The van der Waals surface area contributed by atoms with E-state index in [2.05, 4.69) is 34.6 Å². The highest BCUT2D eigenvalue weighted by Crippen LogP contribution is 2.51. The van der Waals surface area contributed by atoms with Gasteiger partial charge >= 0.3 is 0 Å². The first-order valence-electron chi connectivity index (χ1n) is 5.57. The Hall–Kier alpha value is 0. The van der Waals surface area contributed by atoms with E-state index in [-0.39, 0.29) is 0 Å². The van der Waals surface area contributed by atoms with E-state index in [0.717, 1.165) is 29.6 Å². The van der Waals surface area contributed by atoms with Crippen LogP contribution in [0.4, 0.5) is 0 Å². The van der Waals surface area contributed by atoms with Gasteiger partial charge in [-0.15, -0.1) is 0 Å². The predicted molar refractivity (Wildman–Crippen MR) is 55.1 cm³/mol. The van der Waals surface area contributed by atoms with Crippen molar-refractivity contribution >= 4 is 0 Å². The molecule has 1 aliphatic rings. The minimum absolute atomic E-state index is 0.879. The molecule has 0 aliphatic heterocycles. The van der Waals surface area contributed by atoms with Gasteiger partial charge in [-0.2, -0.15) is 0 Å². The molecule has 0 spiro atoms. The lowest BCUT2D eigenvalue weighted by molar-refractivity contribution is 0.326.